The van der Waals surface area contributed by atoms with Crippen LogP contribution < -0.4 is 5.32 Å². The smallest absolute Gasteiger partial charge is 0.0610 e. The van der Waals surface area contributed by atoms with Crippen LogP contribution in [-0.2, 0) is 13.1 Å². The molecule has 0 saturated heterocycles. The third kappa shape index (κ3) is 3.78. The molecule has 2 N–H and O–H groups in total. The van der Waals surface area contributed by atoms with Crippen molar-refractivity contribution in [1.82, 2.24) is 10.2 Å². The average Bonchev–Trinajstić information content (AvgIpc) is 2.86. The fourth-order valence-corrected chi connectivity index (χ4v) is 2.70. The molecule has 3 nitrogen and oxygen atoms in total. The van der Waals surface area contributed by atoms with Crippen molar-refractivity contribution in [3.05, 3.63) is 35.4 Å². The van der Waals surface area contributed by atoms with Crippen molar-refractivity contribution in [2.75, 3.05) is 20.2 Å². The summed E-state index contributed by atoms with van der Waals surface area (Å²) in [5.41, 5.74) is 2.85. The molecule has 0 bridgehead atoms. The van der Waals surface area contributed by atoms with Crippen LogP contribution in [-0.4, -0.2) is 35.7 Å². The van der Waals surface area contributed by atoms with Crippen molar-refractivity contribution in [2.24, 2.45) is 0 Å². The Morgan fingerprint density at radius 1 is 1.21 bits per heavy atom. The molecule has 1 heterocycles. The first kappa shape index (κ1) is 14.5. The van der Waals surface area contributed by atoms with Crippen molar-refractivity contribution in [3.63, 3.8) is 0 Å². The SMILES string of the molecule is CNC(C)(CO)CCCCN1Cc2ccccc2C1. The molecule has 3 heteroatoms. The number of benzene rings is 1. The van der Waals surface area contributed by atoms with Crippen LogP contribution in [0.4, 0.5) is 0 Å². The summed E-state index contributed by atoms with van der Waals surface area (Å²) in [6, 6.07) is 8.72. The van der Waals surface area contributed by atoms with E-state index in [1.165, 1.54) is 17.5 Å². The van der Waals surface area contributed by atoms with Gasteiger partial charge in [0.25, 0.3) is 0 Å². The van der Waals surface area contributed by atoms with Crippen LogP contribution in [0.15, 0.2) is 24.3 Å². The van der Waals surface area contributed by atoms with Gasteiger partial charge in [-0.25, -0.2) is 0 Å². The highest BCUT2D eigenvalue weighted by molar-refractivity contribution is 5.30. The molecule has 0 aliphatic carbocycles. The number of aliphatic hydroxyl groups is 1. The first-order valence-corrected chi connectivity index (χ1v) is 7.26. The number of likely N-dealkylation sites (N-methyl/N-ethyl adjacent to an activating group) is 1. The second-order valence-corrected chi connectivity index (χ2v) is 5.91. The Balaban J connectivity index is 1.69. The number of aliphatic hydroxyl groups excluding tert-OH is 1. The molecule has 0 fully saturated rings. The lowest BCUT2D eigenvalue weighted by molar-refractivity contribution is 0.168. The lowest BCUT2D eigenvalue weighted by atomic mass is 9.96. The van der Waals surface area contributed by atoms with Crippen LogP contribution >= 0.6 is 0 Å². The normalized spacial score (nSPS) is 18.3. The zero-order chi connectivity index (χ0) is 13.7. The minimum absolute atomic E-state index is 0.117. The van der Waals surface area contributed by atoms with Gasteiger partial charge in [0.2, 0.25) is 0 Å². The van der Waals surface area contributed by atoms with Crippen LogP contribution in [0.2, 0.25) is 0 Å². The third-order valence-electron chi connectivity index (χ3n) is 4.31. The highest BCUT2D eigenvalue weighted by Gasteiger charge is 2.21. The fraction of sp³-hybridized carbons (Fsp3) is 0.625. The molecule has 1 unspecified atom stereocenters. The van der Waals surface area contributed by atoms with Gasteiger partial charge < -0.3 is 10.4 Å². The molecule has 1 aliphatic rings. The van der Waals surface area contributed by atoms with E-state index >= 15 is 0 Å². The van der Waals surface area contributed by atoms with Gasteiger partial charge in [-0.15, -0.1) is 0 Å². The second-order valence-electron chi connectivity index (χ2n) is 5.91. The molecule has 0 amide bonds. The van der Waals surface area contributed by atoms with Crippen LogP contribution in [0.3, 0.4) is 0 Å². The van der Waals surface area contributed by atoms with Gasteiger partial charge in [-0.05, 0) is 44.5 Å². The summed E-state index contributed by atoms with van der Waals surface area (Å²) >= 11 is 0. The van der Waals surface area contributed by atoms with Gasteiger partial charge in [0.15, 0.2) is 0 Å². The lowest BCUT2D eigenvalue weighted by Gasteiger charge is -2.27. The Labute approximate surface area is 116 Å². The Kier molecular flexibility index (Phi) is 4.97. The third-order valence-corrected chi connectivity index (χ3v) is 4.31. The molecule has 106 valence electrons. The maximum Gasteiger partial charge on any atom is 0.0610 e. The monoisotopic (exact) mass is 262 g/mol. The summed E-state index contributed by atoms with van der Waals surface area (Å²) in [7, 11) is 1.92. The summed E-state index contributed by atoms with van der Waals surface area (Å²) in [4.78, 5) is 2.51. The topological polar surface area (TPSA) is 35.5 Å². The Bertz CT molecular complexity index is 376. The summed E-state index contributed by atoms with van der Waals surface area (Å²) < 4.78 is 0. The van der Waals surface area contributed by atoms with Gasteiger partial charge in [0.1, 0.15) is 0 Å². The molecule has 2 rings (SSSR count). The van der Waals surface area contributed by atoms with E-state index in [0.717, 1.165) is 32.5 Å². The predicted octanol–water partition coefficient (Wildman–Crippen LogP) is 2.14. The second kappa shape index (κ2) is 6.51. The van der Waals surface area contributed by atoms with E-state index in [0.29, 0.717) is 0 Å². The number of nitrogens with zero attached hydrogens (tertiary/aromatic N) is 1. The first-order chi connectivity index (χ1) is 9.17. The maximum atomic E-state index is 9.34. The van der Waals surface area contributed by atoms with E-state index in [1.54, 1.807) is 0 Å². The standard InChI is InChI=1S/C16H26N2O/c1-16(13-19,17-2)9-5-6-10-18-11-14-7-3-4-8-15(14)12-18/h3-4,7-8,17,19H,5-6,9-13H2,1-2H3. The zero-order valence-electron chi connectivity index (χ0n) is 12.2. The van der Waals surface area contributed by atoms with Gasteiger partial charge >= 0.3 is 0 Å². The quantitative estimate of drug-likeness (QED) is 0.739. The molecule has 1 aromatic carbocycles. The van der Waals surface area contributed by atoms with Crippen LogP contribution in [0.1, 0.15) is 37.3 Å². The highest BCUT2D eigenvalue weighted by Crippen LogP contribution is 2.22. The van der Waals surface area contributed by atoms with Crippen molar-refractivity contribution in [1.29, 1.82) is 0 Å². The molecule has 0 radical (unpaired) electrons. The van der Waals surface area contributed by atoms with E-state index in [-0.39, 0.29) is 12.1 Å². The largest absolute Gasteiger partial charge is 0.394 e. The molecule has 0 aromatic heterocycles. The average molecular weight is 262 g/mol. The van der Waals surface area contributed by atoms with E-state index in [4.69, 9.17) is 0 Å². The summed E-state index contributed by atoms with van der Waals surface area (Å²) in [6.45, 7) is 5.64. The molecule has 1 atom stereocenters. The number of fused-ring (bicyclic) bond motifs is 1. The van der Waals surface area contributed by atoms with E-state index < -0.39 is 0 Å². The number of hydrogen-bond donors (Lipinski definition) is 2. The fourth-order valence-electron chi connectivity index (χ4n) is 2.70. The van der Waals surface area contributed by atoms with Crippen molar-refractivity contribution in [2.45, 2.75) is 44.8 Å². The summed E-state index contributed by atoms with van der Waals surface area (Å²) in [5.74, 6) is 0. The predicted molar refractivity (Wildman–Crippen MR) is 79.0 cm³/mol. The molecule has 19 heavy (non-hydrogen) atoms. The summed E-state index contributed by atoms with van der Waals surface area (Å²) in [5, 5.41) is 12.5. The van der Waals surface area contributed by atoms with Gasteiger partial charge in [-0.1, -0.05) is 30.7 Å². The van der Waals surface area contributed by atoms with E-state index in [2.05, 4.69) is 41.4 Å². The molecular weight excluding hydrogens is 236 g/mol. The maximum absolute atomic E-state index is 9.34. The van der Waals surface area contributed by atoms with Gasteiger partial charge in [0.05, 0.1) is 6.61 Å². The van der Waals surface area contributed by atoms with Crippen molar-refractivity contribution in [3.8, 4) is 0 Å². The Morgan fingerprint density at radius 2 is 1.84 bits per heavy atom. The minimum Gasteiger partial charge on any atom is -0.394 e. The van der Waals surface area contributed by atoms with Gasteiger partial charge in [-0.3, -0.25) is 4.90 Å². The lowest BCUT2D eigenvalue weighted by Crippen LogP contribution is -2.43. The van der Waals surface area contributed by atoms with Gasteiger partial charge in [-0.2, -0.15) is 0 Å². The first-order valence-electron chi connectivity index (χ1n) is 7.26. The zero-order valence-corrected chi connectivity index (χ0v) is 12.2. The van der Waals surface area contributed by atoms with E-state index in [9.17, 15) is 5.11 Å². The van der Waals surface area contributed by atoms with E-state index in [1.807, 2.05) is 7.05 Å². The van der Waals surface area contributed by atoms with Crippen molar-refractivity contribution >= 4 is 0 Å². The molecule has 0 spiro atoms. The number of nitrogens with one attached hydrogen (secondary N) is 1. The summed E-state index contributed by atoms with van der Waals surface area (Å²) in [6.07, 6.45) is 3.39. The minimum atomic E-state index is -0.117. The number of rotatable bonds is 7. The highest BCUT2D eigenvalue weighted by atomic mass is 16.3. The van der Waals surface area contributed by atoms with Crippen LogP contribution in [0, 0.1) is 0 Å². The Hall–Kier alpha value is -0.900. The molecule has 1 aliphatic heterocycles. The molecular formula is C16H26N2O. The molecule has 0 saturated carbocycles. The number of unbranched alkanes of at least 4 members (excludes halogenated alkanes) is 1. The van der Waals surface area contributed by atoms with Crippen molar-refractivity contribution < 1.29 is 5.11 Å². The molecule has 1 aromatic rings. The van der Waals surface area contributed by atoms with Crippen LogP contribution in [0.5, 0.6) is 0 Å². The number of hydrogen-bond acceptors (Lipinski definition) is 3. The van der Waals surface area contributed by atoms with Crippen LogP contribution in [0.25, 0.3) is 0 Å². The van der Waals surface area contributed by atoms with Gasteiger partial charge in [0, 0.05) is 18.6 Å². The Morgan fingerprint density at radius 3 is 2.37 bits per heavy atom.